The van der Waals surface area contributed by atoms with Gasteiger partial charge in [-0.15, -0.1) is 0 Å². The van der Waals surface area contributed by atoms with Crippen molar-refractivity contribution in [3.05, 3.63) is 33.8 Å². The molecule has 1 fully saturated rings. The Hall–Kier alpha value is -1.30. The third kappa shape index (κ3) is 4.87. The molecular formula is C15H20Cl2N3O2+. The van der Waals surface area contributed by atoms with Gasteiger partial charge in [-0.2, -0.15) is 0 Å². The maximum Gasteiger partial charge on any atom is 0.275 e. The number of nitrogens with zero attached hydrogens (tertiary/aromatic N) is 1. The summed E-state index contributed by atoms with van der Waals surface area (Å²) in [7, 11) is 0. The first-order valence-electron chi connectivity index (χ1n) is 7.25. The smallest absolute Gasteiger partial charge is 0.275 e. The number of rotatable bonds is 4. The highest BCUT2D eigenvalue weighted by atomic mass is 35.5. The summed E-state index contributed by atoms with van der Waals surface area (Å²) in [5.41, 5.74) is 0.843. The fourth-order valence-electron chi connectivity index (χ4n) is 2.46. The predicted octanol–water partition coefficient (Wildman–Crippen LogP) is 0.357. The Balaban J connectivity index is 1.75. The summed E-state index contributed by atoms with van der Waals surface area (Å²) < 4.78 is 0. The second kappa shape index (κ2) is 7.81. The molecule has 0 aliphatic carbocycles. The largest absolute Gasteiger partial charge is 0.347 e. The Kier molecular flexibility index (Phi) is 6.06. The monoisotopic (exact) mass is 344 g/mol. The van der Waals surface area contributed by atoms with E-state index in [0.717, 1.165) is 18.7 Å². The van der Waals surface area contributed by atoms with Gasteiger partial charge in [-0.05, 0) is 17.7 Å². The van der Waals surface area contributed by atoms with Crippen LogP contribution in [0.15, 0.2) is 18.2 Å². The van der Waals surface area contributed by atoms with Crippen LogP contribution in [0.25, 0.3) is 0 Å². The first-order chi connectivity index (χ1) is 10.5. The van der Waals surface area contributed by atoms with Crippen molar-refractivity contribution in [2.24, 2.45) is 0 Å². The van der Waals surface area contributed by atoms with E-state index in [1.807, 2.05) is 11.0 Å². The lowest BCUT2D eigenvalue weighted by molar-refractivity contribution is -0.896. The molecule has 0 spiro atoms. The van der Waals surface area contributed by atoms with E-state index in [1.165, 1.54) is 4.90 Å². The SMILES string of the molecule is CC(=O)N1CC[NH+](CC(=O)NCc2ccc(Cl)cc2Cl)CC1. The highest BCUT2D eigenvalue weighted by molar-refractivity contribution is 6.35. The summed E-state index contributed by atoms with van der Waals surface area (Å²) in [6.45, 7) is 5.40. The molecule has 2 rings (SSSR count). The van der Waals surface area contributed by atoms with Crippen LogP contribution >= 0.6 is 23.2 Å². The molecule has 1 aromatic rings. The summed E-state index contributed by atoms with van der Waals surface area (Å²) in [5, 5.41) is 4.00. The van der Waals surface area contributed by atoms with Crippen molar-refractivity contribution in [1.29, 1.82) is 0 Å². The number of quaternary nitrogens is 1. The molecule has 0 unspecified atom stereocenters. The van der Waals surface area contributed by atoms with E-state index < -0.39 is 0 Å². The average Bonchev–Trinajstić information content (AvgIpc) is 2.47. The van der Waals surface area contributed by atoms with Crippen LogP contribution in [-0.2, 0) is 16.1 Å². The Morgan fingerprint density at radius 1 is 1.27 bits per heavy atom. The summed E-state index contributed by atoms with van der Waals surface area (Å²) in [6.07, 6.45) is 0. The average molecular weight is 345 g/mol. The van der Waals surface area contributed by atoms with Crippen LogP contribution in [0, 0.1) is 0 Å². The van der Waals surface area contributed by atoms with Crippen LogP contribution in [0.4, 0.5) is 0 Å². The van der Waals surface area contributed by atoms with E-state index in [2.05, 4.69) is 5.32 Å². The van der Waals surface area contributed by atoms with E-state index in [9.17, 15) is 9.59 Å². The summed E-state index contributed by atoms with van der Waals surface area (Å²) >= 11 is 11.9. The highest BCUT2D eigenvalue weighted by Crippen LogP contribution is 2.20. The van der Waals surface area contributed by atoms with Crippen LogP contribution in [0.3, 0.4) is 0 Å². The number of piperazine rings is 1. The lowest BCUT2D eigenvalue weighted by Gasteiger charge is -2.31. The third-order valence-corrected chi connectivity index (χ3v) is 4.40. The molecule has 1 heterocycles. The Labute approximate surface area is 140 Å². The minimum Gasteiger partial charge on any atom is -0.347 e. The molecular weight excluding hydrogens is 325 g/mol. The van der Waals surface area contributed by atoms with Gasteiger partial charge in [0.25, 0.3) is 5.91 Å². The molecule has 1 saturated heterocycles. The topological polar surface area (TPSA) is 53.9 Å². The van der Waals surface area contributed by atoms with Gasteiger partial charge in [0, 0.05) is 23.5 Å². The second-order valence-electron chi connectivity index (χ2n) is 5.45. The van der Waals surface area contributed by atoms with Gasteiger partial charge in [0.15, 0.2) is 6.54 Å². The van der Waals surface area contributed by atoms with E-state index in [0.29, 0.717) is 36.2 Å². The van der Waals surface area contributed by atoms with Gasteiger partial charge in [-0.1, -0.05) is 29.3 Å². The lowest BCUT2D eigenvalue weighted by Crippen LogP contribution is -3.15. The molecule has 1 aliphatic heterocycles. The third-order valence-electron chi connectivity index (χ3n) is 3.82. The molecule has 2 N–H and O–H groups in total. The minimum absolute atomic E-state index is 0.0164. The molecule has 1 aliphatic rings. The zero-order valence-electron chi connectivity index (χ0n) is 12.5. The fourth-order valence-corrected chi connectivity index (χ4v) is 2.94. The molecule has 22 heavy (non-hydrogen) atoms. The molecule has 0 saturated carbocycles. The number of halogens is 2. The van der Waals surface area contributed by atoms with Crippen LogP contribution in [-0.4, -0.2) is 49.4 Å². The van der Waals surface area contributed by atoms with Crippen molar-refractivity contribution in [2.75, 3.05) is 32.7 Å². The summed E-state index contributed by atoms with van der Waals surface area (Å²) in [5.74, 6) is 0.0816. The molecule has 1 aromatic carbocycles. The Bertz CT molecular complexity index is 558. The van der Waals surface area contributed by atoms with Gasteiger partial charge in [0.2, 0.25) is 5.91 Å². The van der Waals surface area contributed by atoms with E-state index in [-0.39, 0.29) is 11.8 Å². The number of nitrogens with one attached hydrogen (secondary N) is 2. The Morgan fingerprint density at radius 3 is 2.55 bits per heavy atom. The zero-order valence-corrected chi connectivity index (χ0v) is 14.0. The second-order valence-corrected chi connectivity index (χ2v) is 6.29. The van der Waals surface area contributed by atoms with Crippen molar-refractivity contribution in [1.82, 2.24) is 10.2 Å². The van der Waals surface area contributed by atoms with Crippen LogP contribution in [0.1, 0.15) is 12.5 Å². The standard InChI is InChI=1S/C15H19Cl2N3O2/c1-11(21)20-6-4-19(5-7-20)10-15(22)18-9-12-2-3-13(16)8-14(12)17/h2-3,8H,4-7,9-10H2,1H3,(H,18,22)/p+1. The van der Waals surface area contributed by atoms with Crippen LogP contribution in [0.2, 0.25) is 10.0 Å². The first kappa shape index (κ1) is 17.1. The lowest BCUT2D eigenvalue weighted by atomic mass is 10.2. The molecule has 0 atom stereocenters. The molecule has 5 nitrogen and oxygen atoms in total. The molecule has 0 bridgehead atoms. The van der Waals surface area contributed by atoms with Crippen LogP contribution < -0.4 is 10.2 Å². The van der Waals surface area contributed by atoms with Crippen molar-refractivity contribution < 1.29 is 14.5 Å². The quantitative estimate of drug-likeness (QED) is 0.828. The molecule has 7 heteroatoms. The minimum atomic E-state index is -0.0164. The van der Waals surface area contributed by atoms with Gasteiger partial charge < -0.3 is 15.1 Å². The maximum absolute atomic E-state index is 12.0. The van der Waals surface area contributed by atoms with Gasteiger partial charge in [-0.25, -0.2) is 0 Å². The van der Waals surface area contributed by atoms with Gasteiger partial charge in [0.1, 0.15) is 0 Å². The zero-order chi connectivity index (χ0) is 16.1. The van der Waals surface area contributed by atoms with E-state index in [4.69, 9.17) is 23.2 Å². The van der Waals surface area contributed by atoms with Crippen LogP contribution in [0.5, 0.6) is 0 Å². The fraction of sp³-hybridized carbons (Fsp3) is 0.467. The number of benzene rings is 1. The normalized spacial score (nSPS) is 15.7. The van der Waals surface area contributed by atoms with Crippen molar-refractivity contribution >= 4 is 35.0 Å². The van der Waals surface area contributed by atoms with Crippen molar-refractivity contribution in [3.63, 3.8) is 0 Å². The number of hydrogen-bond acceptors (Lipinski definition) is 2. The predicted molar refractivity (Wildman–Crippen MR) is 86.1 cm³/mol. The van der Waals surface area contributed by atoms with Gasteiger partial charge in [-0.3, -0.25) is 9.59 Å². The number of carbonyl (C=O) groups is 2. The summed E-state index contributed by atoms with van der Waals surface area (Å²) in [6, 6.07) is 5.22. The molecule has 120 valence electrons. The maximum atomic E-state index is 12.0. The van der Waals surface area contributed by atoms with Gasteiger partial charge >= 0.3 is 0 Å². The number of carbonyl (C=O) groups excluding carboxylic acids is 2. The Morgan fingerprint density at radius 2 is 1.95 bits per heavy atom. The molecule has 2 amide bonds. The first-order valence-corrected chi connectivity index (χ1v) is 8.01. The summed E-state index contributed by atoms with van der Waals surface area (Å²) in [4.78, 5) is 26.3. The van der Waals surface area contributed by atoms with E-state index >= 15 is 0 Å². The number of hydrogen-bond donors (Lipinski definition) is 2. The van der Waals surface area contributed by atoms with E-state index in [1.54, 1.807) is 19.1 Å². The highest BCUT2D eigenvalue weighted by Gasteiger charge is 2.23. The molecule has 0 radical (unpaired) electrons. The molecule has 0 aromatic heterocycles. The number of amides is 2. The van der Waals surface area contributed by atoms with Crippen molar-refractivity contribution in [2.45, 2.75) is 13.5 Å². The van der Waals surface area contributed by atoms with Gasteiger partial charge in [0.05, 0.1) is 26.2 Å². The van der Waals surface area contributed by atoms with Crippen molar-refractivity contribution in [3.8, 4) is 0 Å².